The van der Waals surface area contributed by atoms with Crippen molar-refractivity contribution >= 4 is 21.6 Å². The number of sulfonamides is 1. The van der Waals surface area contributed by atoms with Crippen molar-refractivity contribution in [3.8, 4) is 5.75 Å². The maximum Gasteiger partial charge on any atom is 0.261 e. The van der Waals surface area contributed by atoms with Crippen molar-refractivity contribution in [3.63, 3.8) is 0 Å². The summed E-state index contributed by atoms with van der Waals surface area (Å²) in [5.41, 5.74) is 0.846. The summed E-state index contributed by atoms with van der Waals surface area (Å²) in [6.45, 7) is 1.90. The molecule has 0 spiro atoms. The first-order chi connectivity index (χ1) is 10.4. The molecule has 1 N–H and O–H groups in total. The standard InChI is InChI=1S/C14H18ClN3O3S/c1-4-12(10-5-7-11(21-3)8-6-10)17-22(19,20)14-13(15)18(2)9-16-14/h5-9,12,17H,4H2,1-3H3/t12-/m0/s1. The van der Waals surface area contributed by atoms with E-state index in [1.807, 2.05) is 19.1 Å². The highest BCUT2D eigenvalue weighted by Gasteiger charge is 2.25. The molecule has 0 aliphatic heterocycles. The van der Waals surface area contributed by atoms with Crippen LogP contribution < -0.4 is 9.46 Å². The van der Waals surface area contributed by atoms with Crippen molar-refractivity contribution < 1.29 is 13.2 Å². The zero-order chi connectivity index (χ0) is 16.3. The molecule has 0 amide bonds. The summed E-state index contributed by atoms with van der Waals surface area (Å²) in [5.74, 6) is 0.717. The van der Waals surface area contributed by atoms with E-state index in [1.54, 1.807) is 26.3 Å². The minimum atomic E-state index is -3.79. The highest BCUT2D eigenvalue weighted by molar-refractivity contribution is 7.89. The van der Waals surface area contributed by atoms with Gasteiger partial charge in [-0.15, -0.1) is 0 Å². The van der Waals surface area contributed by atoms with E-state index in [4.69, 9.17) is 16.3 Å². The number of rotatable bonds is 6. The lowest BCUT2D eigenvalue weighted by atomic mass is 10.1. The Hall–Kier alpha value is -1.57. The first-order valence-corrected chi connectivity index (χ1v) is 8.58. The molecule has 0 saturated heterocycles. The Kier molecular flexibility index (Phi) is 5.10. The molecule has 120 valence electrons. The van der Waals surface area contributed by atoms with Gasteiger partial charge in [-0.05, 0) is 24.1 Å². The molecule has 0 saturated carbocycles. The SMILES string of the molecule is CC[C@H](NS(=O)(=O)c1ncn(C)c1Cl)c1ccc(OC)cc1. The Morgan fingerprint density at radius 3 is 2.45 bits per heavy atom. The molecular weight excluding hydrogens is 326 g/mol. The third kappa shape index (κ3) is 3.43. The Bertz CT molecular complexity index is 741. The summed E-state index contributed by atoms with van der Waals surface area (Å²) < 4.78 is 34.1. The van der Waals surface area contributed by atoms with E-state index in [0.29, 0.717) is 12.2 Å². The first kappa shape index (κ1) is 16.8. The van der Waals surface area contributed by atoms with Gasteiger partial charge in [0.2, 0.25) is 5.03 Å². The van der Waals surface area contributed by atoms with Gasteiger partial charge in [0.05, 0.1) is 13.4 Å². The number of hydrogen-bond donors (Lipinski definition) is 1. The number of imidazole rings is 1. The lowest BCUT2D eigenvalue weighted by Gasteiger charge is -2.17. The van der Waals surface area contributed by atoms with Crippen LogP contribution in [0.3, 0.4) is 0 Å². The van der Waals surface area contributed by atoms with E-state index in [-0.39, 0.29) is 16.2 Å². The number of ether oxygens (including phenoxy) is 1. The summed E-state index contributed by atoms with van der Waals surface area (Å²) in [6.07, 6.45) is 1.96. The zero-order valence-corrected chi connectivity index (χ0v) is 14.1. The maximum absolute atomic E-state index is 12.4. The largest absolute Gasteiger partial charge is 0.497 e. The summed E-state index contributed by atoms with van der Waals surface area (Å²) in [6, 6.07) is 6.87. The maximum atomic E-state index is 12.4. The number of aryl methyl sites for hydroxylation is 1. The Labute approximate surface area is 135 Å². The van der Waals surface area contributed by atoms with Crippen LogP contribution in [0.1, 0.15) is 24.9 Å². The monoisotopic (exact) mass is 343 g/mol. The molecule has 0 fully saturated rings. The van der Waals surface area contributed by atoms with Crippen LogP contribution in [0.5, 0.6) is 5.75 Å². The highest BCUT2D eigenvalue weighted by Crippen LogP contribution is 2.24. The molecule has 1 heterocycles. The van der Waals surface area contributed by atoms with Crippen LogP contribution in [-0.2, 0) is 17.1 Å². The normalized spacial score (nSPS) is 13.1. The highest BCUT2D eigenvalue weighted by atomic mass is 35.5. The molecule has 2 rings (SSSR count). The lowest BCUT2D eigenvalue weighted by Crippen LogP contribution is -2.28. The second-order valence-electron chi connectivity index (χ2n) is 4.81. The molecule has 0 radical (unpaired) electrons. The molecule has 0 aliphatic rings. The van der Waals surface area contributed by atoms with Crippen molar-refractivity contribution in [1.82, 2.24) is 14.3 Å². The van der Waals surface area contributed by atoms with Gasteiger partial charge >= 0.3 is 0 Å². The van der Waals surface area contributed by atoms with Crippen molar-refractivity contribution in [2.45, 2.75) is 24.4 Å². The summed E-state index contributed by atoms with van der Waals surface area (Å²) in [7, 11) is -0.575. The van der Waals surface area contributed by atoms with Crippen LogP contribution >= 0.6 is 11.6 Å². The smallest absolute Gasteiger partial charge is 0.261 e. The quantitative estimate of drug-likeness (QED) is 0.874. The van der Waals surface area contributed by atoms with Gasteiger partial charge in [-0.25, -0.2) is 18.1 Å². The lowest BCUT2D eigenvalue weighted by molar-refractivity contribution is 0.414. The van der Waals surface area contributed by atoms with E-state index >= 15 is 0 Å². The third-order valence-corrected chi connectivity index (χ3v) is 5.27. The minimum Gasteiger partial charge on any atom is -0.497 e. The second-order valence-corrected chi connectivity index (χ2v) is 6.79. The van der Waals surface area contributed by atoms with Crippen molar-refractivity contribution in [2.75, 3.05) is 7.11 Å². The summed E-state index contributed by atoms with van der Waals surface area (Å²) in [5, 5.41) is -0.0827. The van der Waals surface area contributed by atoms with Crippen molar-refractivity contribution in [2.24, 2.45) is 7.05 Å². The van der Waals surface area contributed by atoms with Gasteiger partial charge in [0.1, 0.15) is 10.9 Å². The zero-order valence-electron chi connectivity index (χ0n) is 12.6. The minimum absolute atomic E-state index is 0.0806. The van der Waals surface area contributed by atoms with Crippen LogP contribution in [0, 0.1) is 0 Å². The summed E-state index contributed by atoms with van der Waals surface area (Å²) >= 11 is 5.97. The first-order valence-electron chi connectivity index (χ1n) is 6.72. The average molecular weight is 344 g/mol. The Morgan fingerprint density at radius 1 is 1.36 bits per heavy atom. The number of hydrogen-bond acceptors (Lipinski definition) is 4. The number of benzene rings is 1. The van der Waals surface area contributed by atoms with Gasteiger partial charge < -0.3 is 9.30 Å². The number of nitrogens with zero attached hydrogens (tertiary/aromatic N) is 2. The van der Waals surface area contributed by atoms with E-state index in [1.165, 1.54) is 10.9 Å². The number of halogens is 1. The topological polar surface area (TPSA) is 73.2 Å². The van der Waals surface area contributed by atoms with Gasteiger partial charge in [-0.3, -0.25) is 0 Å². The van der Waals surface area contributed by atoms with Gasteiger partial charge in [-0.2, -0.15) is 0 Å². The van der Waals surface area contributed by atoms with Crippen LogP contribution in [0.4, 0.5) is 0 Å². The fraction of sp³-hybridized carbons (Fsp3) is 0.357. The van der Waals surface area contributed by atoms with Gasteiger partial charge in [0.15, 0.2) is 0 Å². The number of methoxy groups -OCH3 is 1. The van der Waals surface area contributed by atoms with Crippen LogP contribution in [-0.4, -0.2) is 25.1 Å². The predicted molar refractivity (Wildman–Crippen MR) is 84.6 cm³/mol. The molecule has 8 heteroatoms. The fourth-order valence-electron chi connectivity index (χ4n) is 2.04. The van der Waals surface area contributed by atoms with E-state index < -0.39 is 10.0 Å². The second kappa shape index (κ2) is 6.68. The number of nitrogens with one attached hydrogen (secondary N) is 1. The molecule has 1 aromatic carbocycles. The van der Waals surface area contributed by atoms with Gasteiger partial charge in [0.25, 0.3) is 10.0 Å². The molecule has 6 nitrogen and oxygen atoms in total. The van der Waals surface area contributed by atoms with Crippen LogP contribution in [0.15, 0.2) is 35.6 Å². The Balaban J connectivity index is 2.27. The Morgan fingerprint density at radius 2 is 2.00 bits per heavy atom. The van der Waals surface area contributed by atoms with E-state index in [2.05, 4.69) is 9.71 Å². The fourth-order valence-corrected chi connectivity index (χ4v) is 3.78. The van der Waals surface area contributed by atoms with Crippen LogP contribution in [0.2, 0.25) is 5.15 Å². The van der Waals surface area contributed by atoms with Crippen LogP contribution in [0.25, 0.3) is 0 Å². The molecular formula is C14H18ClN3O3S. The summed E-state index contributed by atoms with van der Waals surface area (Å²) in [4.78, 5) is 3.86. The molecule has 22 heavy (non-hydrogen) atoms. The molecule has 0 aliphatic carbocycles. The van der Waals surface area contributed by atoms with Crippen molar-refractivity contribution in [1.29, 1.82) is 0 Å². The molecule has 1 aromatic heterocycles. The van der Waals surface area contributed by atoms with E-state index in [9.17, 15) is 8.42 Å². The van der Waals surface area contributed by atoms with Crippen molar-refractivity contribution in [3.05, 3.63) is 41.3 Å². The third-order valence-electron chi connectivity index (χ3n) is 3.31. The average Bonchev–Trinajstić information content (AvgIpc) is 2.85. The predicted octanol–water partition coefficient (Wildman–Crippen LogP) is 2.51. The molecule has 1 atom stereocenters. The molecule has 2 aromatic rings. The van der Waals surface area contributed by atoms with Gasteiger partial charge in [-0.1, -0.05) is 30.7 Å². The molecule has 0 unspecified atom stereocenters. The van der Waals surface area contributed by atoms with E-state index in [0.717, 1.165) is 5.56 Å². The molecule has 0 bridgehead atoms. The number of aromatic nitrogens is 2. The van der Waals surface area contributed by atoms with Gasteiger partial charge in [0, 0.05) is 13.1 Å².